The molecule has 0 aliphatic carbocycles. The lowest BCUT2D eigenvalue weighted by molar-refractivity contribution is 0.232. The third-order valence-corrected chi connectivity index (χ3v) is 3.70. The Morgan fingerprint density at radius 2 is 1.55 bits per heavy atom. The van der Waals surface area contributed by atoms with Crippen LogP contribution in [0.2, 0.25) is 0 Å². The summed E-state index contributed by atoms with van der Waals surface area (Å²) in [6.45, 7) is 4.00. The number of aryl methyl sites for hydroxylation is 1. The van der Waals surface area contributed by atoms with Gasteiger partial charge in [-0.2, -0.15) is 0 Å². The predicted octanol–water partition coefficient (Wildman–Crippen LogP) is 4.54. The van der Waals surface area contributed by atoms with Gasteiger partial charge in [0.2, 0.25) is 0 Å². The van der Waals surface area contributed by atoms with E-state index < -0.39 is 0 Å². The summed E-state index contributed by atoms with van der Waals surface area (Å²) in [4.78, 5) is 16.0. The monoisotopic (exact) mass is 294 g/mol. The summed E-state index contributed by atoms with van der Waals surface area (Å²) in [5.41, 5.74) is 4.01. The molecule has 0 bridgehead atoms. The summed E-state index contributed by atoms with van der Waals surface area (Å²) in [5.74, 6) is 0. The van der Waals surface area contributed by atoms with Gasteiger partial charge in [-0.15, -0.1) is 0 Å². The third-order valence-electron chi connectivity index (χ3n) is 3.70. The molecule has 0 heterocycles. The van der Waals surface area contributed by atoms with Crippen LogP contribution in [0, 0.1) is 6.92 Å². The van der Waals surface area contributed by atoms with Crippen molar-refractivity contribution in [2.24, 2.45) is 0 Å². The number of carbonyl (C=O) groups excluding carboxylic acids is 1. The van der Waals surface area contributed by atoms with E-state index in [1.807, 2.05) is 55.5 Å². The highest BCUT2D eigenvalue weighted by molar-refractivity contribution is 5.96. The minimum absolute atomic E-state index is 0.0696. The molecule has 0 radical (unpaired) electrons. The molecule has 0 aromatic heterocycles. The first-order valence-electron chi connectivity index (χ1n) is 7.34. The number of amides is 2. The molecule has 22 heavy (non-hydrogen) atoms. The zero-order valence-electron chi connectivity index (χ0n) is 13.6. The van der Waals surface area contributed by atoms with Crippen molar-refractivity contribution in [3.63, 3.8) is 0 Å². The Hall–Kier alpha value is -2.55. The van der Waals surface area contributed by atoms with Crippen LogP contribution in [0.5, 0.6) is 0 Å². The Balaban J connectivity index is 2.23. The summed E-state index contributed by atoms with van der Waals surface area (Å²) in [5, 5.41) is 0. The molecule has 3 nitrogen and oxygen atoms in total. The van der Waals surface area contributed by atoms with Gasteiger partial charge in [-0.1, -0.05) is 54.1 Å². The Bertz CT molecular complexity index is 660. The van der Waals surface area contributed by atoms with E-state index >= 15 is 0 Å². The van der Waals surface area contributed by atoms with Gasteiger partial charge in [0.05, 0.1) is 0 Å². The normalized spacial score (nSPS) is 11.2. The van der Waals surface area contributed by atoms with Crippen LogP contribution in [0.15, 0.2) is 60.7 Å². The number of hydrogen-bond acceptors (Lipinski definition) is 1. The van der Waals surface area contributed by atoms with Crippen LogP contribution in [0.1, 0.15) is 18.1 Å². The molecule has 2 aromatic carbocycles. The molecule has 0 saturated carbocycles. The number of para-hydroxylation sites is 1. The zero-order chi connectivity index (χ0) is 16.1. The summed E-state index contributed by atoms with van der Waals surface area (Å²) in [7, 11) is 3.59. The molecular formula is C19H22N2O. The molecule has 0 unspecified atom stereocenters. The van der Waals surface area contributed by atoms with E-state index in [0.717, 1.165) is 16.9 Å². The van der Waals surface area contributed by atoms with Crippen molar-refractivity contribution in [1.29, 1.82) is 0 Å². The average molecular weight is 294 g/mol. The van der Waals surface area contributed by atoms with Crippen LogP contribution in [-0.2, 0) is 0 Å². The van der Waals surface area contributed by atoms with Crippen LogP contribution in [0.4, 0.5) is 10.5 Å². The number of hydrogen-bond donors (Lipinski definition) is 0. The number of rotatable bonds is 3. The summed E-state index contributed by atoms with van der Waals surface area (Å²) < 4.78 is 0. The fourth-order valence-corrected chi connectivity index (χ4v) is 2.37. The summed E-state index contributed by atoms with van der Waals surface area (Å²) in [6.07, 6.45) is 1.96. The van der Waals surface area contributed by atoms with Gasteiger partial charge < -0.3 is 0 Å². The van der Waals surface area contributed by atoms with Gasteiger partial charge in [0.15, 0.2) is 0 Å². The predicted molar refractivity (Wildman–Crippen MR) is 92.8 cm³/mol. The topological polar surface area (TPSA) is 23.6 Å². The molecular weight excluding hydrogens is 272 g/mol. The van der Waals surface area contributed by atoms with Crippen molar-refractivity contribution in [3.05, 3.63) is 71.8 Å². The molecule has 2 amide bonds. The number of nitrogens with zero attached hydrogens (tertiary/aromatic N) is 2. The van der Waals surface area contributed by atoms with Crippen LogP contribution in [0.25, 0.3) is 5.70 Å². The van der Waals surface area contributed by atoms with E-state index in [0.29, 0.717) is 0 Å². The molecule has 0 spiro atoms. The van der Waals surface area contributed by atoms with Crippen molar-refractivity contribution in [2.45, 2.75) is 13.8 Å². The highest BCUT2D eigenvalue weighted by Gasteiger charge is 2.19. The van der Waals surface area contributed by atoms with Gasteiger partial charge >= 0.3 is 6.03 Å². The Kier molecular flexibility index (Phi) is 4.99. The van der Waals surface area contributed by atoms with E-state index in [1.165, 1.54) is 5.56 Å². The van der Waals surface area contributed by atoms with E-state index in [4.69, 9.17) is 0 Å². The maximum Gasteiger partial charge on any atom is 0.328 e. The van der Waals surface area contributed by atoms with Gasteiger partial charge in [-0.25, -0.2) is 4.79 Å². The minimum atomic E-state index is -0.0696. The van der Waals surface area contributed by atoms with Crippen LogP contribution < -0.4 is 4.90 Å². The third kappa shape index (κ3) is 3.37. The molecule has 0 saturated heterocycles. The smallest absolute Gasteiger partial charge is 0.297 e. The van der Waals surface area contributed by atoms with Crippen molar-refractivity contribution < 1.29 is 4.79 Å². The second-order valence-electron chi connectivity index (χ2n) is 5.28. The number of carbonyl (C=O) groups is 1. The SMILES string of the molecule is C/C=C(\c1ccc(C)cc1)N(C)C(=O)N(C)c1ccccc1. The molecule has 0 fully saturated rings. The van der Waals surface area contributed by atoms with E-state index in [2.05, 4.69) is 19.1 Å². The Morgan fingerprint density at radius 3 is 2.09 bits per heavy atom. The Morgan fingerprint density at radius 1 is 0.955 bits per heavy atom. The van der Waals surface area contributed by atoms with Gasteiger partial charge in [-0.05, 0) is 31.5 Å². The second kappa shape index (κ2) is 6.94. The average Bonchev–Trinajstić information content (AvgIpc) is 2.56. The summed E-state index contributed by atoms with van der Waals surface area (Å²) >= 11 is 0. The first-order valence-corrected chi connectivity index (χ1v) is 7.34. The first kappa shape index (κ1) is 15.8. The van der Waals surface area contributed by atoms with Gasteiger partial charge in [0, 0.05) is 25.5 Å². The fraction of sp³-hybridized carbons (Fsp3) is 0.211. The molecule has 3 heteroatoms. The quantitative estimate of drug-likeness (QED) is 0.815. The van der Waals surface area contributed by atoms with Crippen LogP contribution in [-0.4, -0.2) is 25.0 Å². The largest absolute Gasteiger partial charge is 0.328 e. The fourth-order valence-electron chi connectivity index (χ4n) is 2.37. The zero-order valence-corrected chi connectivity index (χ0v) is 13.6. The number of anilines is 1. The standard InChI is InChI=1S/C19H22N2O/c1-5-18(16-13-11-15(2)12-14-16)21(4)19(22)20(3)17-9-7-6-8-10-17/h5-14H,1-4H3/b18-5+. The van der Waals surface area contributed by atoms with Crippen molar-refractivity contribution in [3.8, 4) is 0 Å². The maximum atomic E-state index is 12.7. The lowest BCUT2D eigenvalue weighted by atomic mass is 10.1. The van der Waals surface area contributed by atoms with E-state index in [9.17, 15) is 4.79 Å². The van der Waals surface area contributed by atoms with E-state index in [1.54, 1.807) is 23.9 Å². The number of benzene rings is 2. The lowest BCUT2D eigenvalue weighted by Gasteiger charge is -2.27. The van der Waals surface area contributed by atoms with Crippen molar-refractivity contribution >= 4 is 17.4 Å². The highest BCUT2D eigenvalue weighted by atomic mass is 16.2. The lowest BCUT2D eigenvalue weighted by Crippen LogP contribution is -2.37. The van der Waals surface area contributed by atoms with Crippen molar-refractivity contribution in [2.75, 3.05) is 19.0 Å². The summed E-state index contributed by atoms with van der Waals surface area (Å²) in [6, 6.07) is 17.8. The molecule has 0 atom stereocenters. The Labute approximate surface area is 132 Å². The molecule has 2 aromatic rings. The van der Waals surface area contributed by atoms with Crippen LogP contribution >= 0.6 is 0 Å². The van der Waals surface area contributed by atoms with E-state index in [-0.39, 0.29) is 6.03 Å². The maximum absolute atomic E-state index is 12.7. The molecule has 114 valence electrons. The molecule has 0 aliphatic heterocycles. The minimum Gasteiger partial charge on any atom is -0.297 e. The van der Waals surface area contributed by atoms with Crippen molar-refractivity contribution in [1.82, 2.24) is 4.90 Å². The van der Waals surface area contributed by atoms with Gasteiger partial charge in [0.1, 0.15) is 0 Å². The van der Waals surface area contributed by atoms with Crippen LogP contribution in [0.3, 0.4) is 0 Å². The van der Waals surface area contributed by atoms with Gasteiger partial charge in [0.25, 0.3) is 0 Å². The number of urea groups is 1. The molecule has 0 N–H and O–H groups in total. The number of allylic oxidation sites excluding steroid dienone is 1. The van der Waals surface area contributed by atoms with Gasteiger partial charge in [-0.3, -0.25) is 9.80 Å². The second-order valence-corrected chi connectivity index (χ2v) is 5.28. The molecule has 0 aliphatic rings. The first-order chi connectivity index (χ1) is 10.5. The highest BCUT2D eigenvalue weighted by Crippen LogP contribution is 2.21. The molecule has 2 rings (SSSR count).